The van der Waals surface area contributed by atoms with Gasteiger partial charge in [0.2, 0.25) is 0 Å². The van der Waals surface area contributed by atoms with Crippen LogP contribution in [0.1, 0.15) is 30.9 Å². The van der Waals surface area contributed by atoms with Crippen LogP contribution in [0.5, 0.6) is 11.5 Å². The van der Waals surface area contributed by atoms with E-state index >= 15 is 0 Å². The Morgan fingerprint density at radius 2 is 2.00 bits per heavy atom. The number of aromatic hydroxyl groups is 2. The topological polar surface area (TPSA) is 66.5 Å². The summed E-state index contributed by atoms with van der Waals surface area (Å²) in [5.41, 5.74) is 6.66. The van der Waals surface area contributed by atoms with Crippen LogP contribution in [0.25, 0.3) is 0 Å². The zero-order valence-electron chi connectivity index (χ0n) is 7.98. The molecule has 4 N–H and O–H groups in total. The van der Waals surface area contributed by atoms with Crippen molar-refractivity contribution in [3.8, 4) is 11.5 Å². The largest absolute Gasteiger partial charge is 0.508 e. The van der Waals surface area contributed by atoms with E-state index in [2.05, 4.69) is 0 Å². The van der Waals surface area contributed by atoms with Gasteiger partial charge in [0.1, 0.15) is 11.5 Å². The molecule has 0 bridgehead atoms. The first-order valence-corrected chi connectivity index (χ1v) is 4.96. The van der Waals surface area contributed by atoms with Gasteiger partial charge in [-0.15, -0.1) is 0 Å². The number of rotatable bonds is 2. The predicted octanol–water partition coefficient (Wildman–Crippen LogP) is 1.90. The third-order valence-electron chi connectivity index (χ3n) is 3.03. The molecule has 1 atom stereocenters. The van der Waals surface area contributed by atoms with Gasteiger partial charge in [-0.05, 0) is 37.0 Å². The monoisotopic (exact) mass is 193 g/mol. The minimum Gasteiger partial charge on any atom is -0.508 e. The molecular weight excluding hydrogens is 178 g/mol. The van der Waals surface area contributed by atoms with Crippen molar-refractivity contribution >= 4 is 0 Å². The lowest BCUT2D eigenvalue weighted by atomic mass is 9.77. The minimum atomic E-state index is -0.143. The van der Waals surface area contributed by atoms with E-state index < -0.39 is 0 Å². The van der Waals surface area contributed by atoms with Crippen LogP contribution in [0, 0.1) is 5.92 Å². The van der Waals surface area contributed by atoms with Crippen LogP contribution in [0.15, 0.2) is 18.2 Å². The summed E-state index contributed by atoms with van der Waals surface area (Å²) in [6.45, 7) is 0. The van der Waals surface area contributed by atoms with Crippen molar-refractivity contribution in [1.82, 2.24) is 0 Å². The van der Waals surface area contributed by atoms with E-state index in [-0.39, 0.29) is 17.5 Å². The van der Waals surface area contributed by atoms with Gasteiger partial charge in [-0.3, -0.25) is 0 Å². The summed E-state index contributed by atoms with van der Waals surface area (Å²) in [5, 5.41) is 18.9. The molecule has 0 saturated heterocycles. The highest BCUT2D eigenvalue weighted by molar-refractivity contribution is 5.40. The summed E-state index contributed by atoms with van der Waals surface area (Å²) in [6.07, 6.45) is 3.46. The first-order valence-electron chi connectivity index (χ1n) is 4.96. The third kappa shape index (κ3) is 1.55. The minimum absolute atomic E-state index is 0.143. The van der Waals surface area contributed by atoms with Crippen LogP contribution in [0.3, 0.4) is 0 Å². The molecule has 0 amide bonds. The quantitative estimate of drug-likeness (QED) is 0.628. The number of hydrogen-bond acceptors (Lipinski definition) is 3. The number of phenolic OH excluding ortho intramolecular Hbond substituents is 2. The average Bonchev–Trinajstić information content (AvgIpc) is 2.06. The number of hydrogen-bond donors (Lipinski definition) is 3. The fourth-order valence-corrected chi connectivity index (χ4v) is 1.86. The van der Waals surface area contributed by atoms with Crippen molar-refractivity contribution in [2.45, 2.75) is 25.3 Å². The van der Waals surface area contributed by atoms with E-state index in [1.807, 2.05) is 0 Å². The highest BCUT2D eigenvalue weighted by atomic mass is 16.3. The fraction of sp³-hybridized carbons (Fsp3) is 0.455. The lowest BCUT2D eigenvalue weighted by Gasteiger charge is -2.31. The maximum atomic E-state index is 9.58. The van der Waals surface area contributed by atoms with Gasteiger partial charge in [-0.25, -0.2) is 0 Å². The summed E-state index contributed by atoms with van der Waals surface area (Å²) in [6, 6.07) is 4.37. The second-order valence-electron chi connectivity index (χ2n) is 3.96. The molecule has 14 heavy (non-hydrogen) atoms. The van der Waals surface area contributed by atoms with Crippen molar-refractivity contribution < 1.29 is 10.2 Å². The Bertz CT molecular complexity index is 334. The molecule has 1 aliphatic carbocycles. The van der Waals surface area contributed by atoms with E-state index in [9.17, 15) is 10.2 Å². The van der Waals surface area contributed by atoms with Crippen molar-refractivity contribution in [3.63, 3.8) is 0 Å². The number of benzene rings is 1. The Balaban J connectivity index is 2.24. The molecule has 1 saturated carbocycles. The molecule has 1 aliphatic rings. The number of phenols is 2. The van der Waals surface area contributed by atoms with Gasteiger partial charge >= 0.3 is 0 Å². The SMILES string of the molecule is N[C@H](c1cc(O)ccc1O)C1CCC1. The Hall–Kier alpha value is -1.22. The lowest BCUT2D eigenvalue weighted by Crippen LogP contribution is -2.26. The van der Waals surface area contributed by atoms with Crippen LogP contribution in [-0.4, -0.2) is 10.2 Å². The molecule has 2 rings (SSSR count). The molecule has 0 radical (unpaired) electrons. The molecule has 0 spiro atoms. The van der Waals surface area contributed by atoms with E-state index in [0.717, 1.165) is 12.8 Å². The van der Waals surface area contributed by atoms with Crippen LogP contribution < -0.4 is 5.73 Å². The van der Waals surface area contributed by atoms with Crippen LogP contribution in [0.2, 0.25) is 0 Å². The van der Waals surface area contributed by atoms with Gasteiger partial charge in [-0.1, -0.05) is 6.42 Å². The first-order chi connectivity index (χ1) is 6.68. The van der Waals surface area contributed by atoms with Crippen LogP contribution >= 0.6 is 0 Å². The van der Waals surface area contributed by atoms with E-state index in [1.54, 1.807) is 6.07 Å². The molecule has 0 aliphatic heterocycles. The molecule has 1 aromatic rings. The normalized spacial score (nSPS) is 18.9. The molecular formula is C11H15NO2. The van der Waals surface area contributed by atoms with E-state index in [4.69, 9.17) is 5.73 Å². The van der Waals surface area contributed by atoms with Crippen molar-refractivity contribution in [2.24, 2.45) is 11.7 Å². The Labute approximate surface area is 83.2 Å². The Kier molecular flexibility index (Phi) is 2.33. The second kappa shape index (κ2) is 3.50. The molecule has 0 unspecified atom stereocenters. The predicted molar refractivity (Wildman–Crippen MR) is 54.0 cm³/mol. The van der Waals surface area contributed by atoms with E-state index in [1.165, 1.54) is 18.6 Å². The molecule has 1 fully saturated rings. The summed E-state index contributed by atoms with van der Waals surface area (Å²) in [7, 11) is 0. The third-order valence-corrected chi connectivity index (χ3v) is 3.03. The fourth-order valence-electron chi connectivity index (χ4n) is 1.86. The zero-order valence-corrected chi connectivity index (χ0v) is 7.98. The summed E-state index contributed by atoms with van der Waals surface area (Å²) in [4.78, 5) is 0. The van der Waals surface area contributed by atoms with Gasteiger partial charge in [0.05, 0.1) is 0 Å². The van der Waals surface area contributed by atoms with Gasteiger partial charge < -0.3 is 15.9 Å². The maximum Gasteiger partial charge on any atom is 0.120 e. The average molecular weight is 193 g/mol. The molecule has 0 heterocycles. The number of nitrogens with two attached hydrogens (primary N) is 1. The smallest absolute Gasteiger partial charge is 0.120 e. The second-order valence-corrected chi connectivity index (χ2v) is 3.96. The van der Waals surface area contributed by atoms with Gasteiger partial charge in [0, 0.05) is 11.6 Å². The zero-order chi connectivity index (χ0) is 10.1. The van der Waals surface area contributed by atoms with Crippen molar-refractivity contribution in [2.75, 3.05) is 0 Å². The maximum absolute atomic E-state index is 9.58. The van der Waals surface area contributed by atoms with Crippen LogP contribution in [0.4, 0.5) is 0 Å². The molecule has 3 heteroatoms. The lowest BCUT2D eigenvalue weighted by molar-refractivity contribution is 0.260. The molecule has 1 aromatic carbocycles. The summed E-state index contributed by atoms with van der Waals surface area (Å²) < 4.78 is 0. The van der Waals surface area contributed by atoms with Gasteiger partial charge in [0.15, 0.2) is 0 Å². The van der Waals surface area contributed by atoms with Gasteiger partial charge in [-0.2, -0.15) is 0 Å². The standard InChI is InChI=1S/C11H15NO2/c12-11(7-2-1-3-7)9-6-8(13)4-5-10(9)14/h4-7,11,13-14H,1-3,12H2/t11-/m0/s1. The highest BCUT2D eigenvalue weighted by Crippen LogP contribution is 2.39. The molecule has 3 nitrogen and oxygen atoms in total. The molecule has 0 aromatic heterocycles. The Morgan fingerprint density at radius 1 is 1.29 bits per heavy atom. The first kappa shape index (κ1) is 9.34. The van der Waals surface area contributed by atoms with Crippen molar-refractivity contribution in [1.29, 1.82) is 0 Å². The summed E-state index contributed by atoms with van der Waals surface area (Å²) >= 11 is 0. The van der Waals surface area contributed by atoms with Crippen molar-refractivity contribution in [3.05, 3.63) is 23.8 Å². The van der Waals surface area contributed by atoms with Crippen LogP contribution in [-0.2, 0) is 0 Å². The molecule has 76 valence electrons. The van der Waals surface area contributed by atoms with Gasteiger partial charge in [0.25, 0.3) is 0 Å². The highest BCUT2D eigenvalue weighted by Gasteiger charge is 2.27. The Morgan fingerprint density at radius 3 is 2.57 bits per heavy atom. The summed E-state index contributed by atoms with van der Waals surface area (Å²) in [5.74, 6) is 0.803. The van der Waals surface area contributed by atoms with E-state index in [0.29, 0.717) is 11.5 Å².